The zero-order chi connectivity index (χ0) is 13.8. The Morgan fingerprint density at radius 1 is 1.33 bits per heavy atom. The Bertz CT molecular complexity index is 460. The van der Waals surface area contributed by atoms with Crippen LogP contribution in [0.4, 0.5) is 0 Å². The van der Waals surface area contributed by atoms with Gasteiger partial charge < -0.3 is 0 Å². The predicted molar refractivity (Wildman–Crippen MR) is 73.1 cm³/mol. The molecule has 0 saturated carbocycles. The highest BCUT2D eigenvalue weighted by Gasteiger charge is 2.16. The minimum Gasteiger partial charge on any atom is -0.282 e. The summed E-state index contributed by atoms with van der Waals surface area (Å²) in [6.07, 6.45) is 2.34. The Kier molecular flexibility index (Phi) is 5.34. The molecule has 1 N–H and O–H groups in total. The molecule has 0 aliphatic heterocycles. The van der Waals surface area contributed by atoms with E-state index in [1.807, 2.05) is 20.8 Å². The third kappa shape index (κ3) is 3.81. The number of aromatic amines is 1. The zero-order valence-electron chi connectivity index (χ0n) is 11.7. The van der Waals surface area contributed by atoms with Crippen LogP contribution in [-0.4, -0.2) is 42.3 Å². The molecular weight excluding hydrogens is 250 g/mol. The van der Waals surface area contributed by atoms with E-state index >= 15 is 0 Å². The monoisotopic (exact) mass is 273 g/mol. The Morgan fingerprint density at radius 2 is 2.00 bits per heavy atom. The van der Waals surface area contributed by atoms with E-state index in [0.717, 1.165) is 24.2 Å². The number of sulfonamides is 1. The summed E-state index contributed by atoms with van der Waals surface area (Å²) in [5.74, 6) is 0.229. The Hall–Kier alpha value is -0.880. The van der Waals surface area contributed by atoms with Gasteiger partial charge in [0.1, 0.15) is 0 Å². The van der Waals surface area contributed by atoms with Gasteiger partial charge in [-0.1, -0.05) is 6.92 Å². The first-order valence-electron chi connectivity index (χ1n) is 6.33. The lowest BCUT2D eigenvalue weighted by Crippen LogP contribution is -2.30. The first kappa shape index (κ1) is 15.2. The molecule has 0 aromatic carbocycles. The number of nitrogens with zero attached hydrogens (tertiary/aromatic N) is 2. The second-order valence-corrected chi connectivity index (χ2v) is 6.85. The lowest BCUT2D eigenvalue weighted by molar-refractivity contribution is 0.460. The molecule has 1 aromatic heterocycles. The SMILES string of the molecule is CCCS(=O)(=O)N(C)CCCc1c(C)n[nH]c1C. The van der Waals surface area contributed by atoms with Crippen molar-refractivity contribution in [1.29, 1.82) is 0 Å². The molecule has 1 aromatic rings. The van der Waals surface area contributed by atoms with Crippen molar-refractivity contribution in [3.63, 3.8) is 0 Å². The first-order valence-corrected chi connectivity index (χ1v) is 7.94. The normalized spacial score (nSPS) is 12.3. The van der Waals surface area contributed by atoms with Gasteiger partial charge in [-0.25, -0.2) is 12.7 Å². The average molecular weight is 273 g/mol. The molecule has 0 aliphatic carbocycles. The molecule has 6 heteroatoms. The number of aryl methyl sites for hydroxylation is 2. The van der Waals surface area contributed by atoms with Crippen LogP contribution in [0.2, 0.25) is 0 Å². The zero-order valence-corrected chi connectivity index (χ0v) is 12.5. The summed E-state index contributed by atoms with van der Waals surface area (Å²) in [4.78, 5) is 0. The molecule has 0 fully saturated rings. The fourth-order valence-corrected chi connectivity index (χ4v) is 3.21. The van der Waals surface area contributed by atoms with Gasteiger partial charge in [-0.3, -0.25) is 5.10 Å². The molecule has 5 nitrogen and oxygen atoms in total. The summed E-state index contributed by atoms with van der Waals surface area (Å²) in [6, 6.07) is 0. The molecule has 0 bridgehead atoms. The lowest BCUT2D eigenvalue weighted by atomic mass is 10.1. The molecule has 1 heterocycles. The van der Waals surface area contributed by atoms with Crippen molar-refractivity contribution in [2.75, 3.05) is 19.3 Å². The molecule has 18 heavy (non-hydrogen) atoms. The maximum atomic E-state index is 11.8. The first-order chi connectivity index (χ1) is 8.38. The van der Waals surface area contributed by atoms with E-state index in [1.165, 1.54) is 9.87 Å². The van der Waals surface area contributed by atoms with Gasteiger partial charge in [-0.05, 0) is 38.7 Å². The molecule has 1 rings (SSSR count). The topological polar surface area (TPSA) is 66.1 Å². The van der Waals surface area contributed by atoms with Gasteiger partial charge >= 0.3 is 0 Å². The predicted octanol–water partition coefficient (Wildman–Crippen LogP) is 1.63. The van der Waals surface area contributed by atoms with Gasteiger partial charge in [0.15, 0.2) is 0 Å². The van der Waals surface area contributed by atoms with E-state index in [4.69, 9.17) is 0 Å². The Morgan fingerprint density at radius 3 is 2.50 bits per heavy atom. The van der Waals surface area contributed by atoms with Crippen LogP contribution in [0.25, 0.3) is 0 Å². The van der Waals surface area contributed by atoms with E-state index in [1.54, 1.807) is 7.05 Å². The highest BCUT2D eigenvalue weighted by atomic mass is 32.2. The highest BCUT2D eigenvalue weighted by Crippen LogP contribution is 2.12. The van der Waals surface area contributed by atoms with E-state index in [2.05, 4.69) is 10.2 Å². The van der Waals surface area contributed by atoms with E-state index in [0.29, 0.717) is 13.0 Å². The van der Waals surface area contributed by atoms with Gasteiger partial charge in [0.2, 0.25) is 10.0 Å². The smallest absolute Gasteiger partial charge is 0.213 e. The number of aromatic nitrogens is 2. The molecule has 0 atom stereocenters. The van der Waals surface area contributed by atoms with Crippen molar-refractivity contribution < 1.29 is 8.42 Å². The summed E-state index contributed by atoms with van der Waals surface area (Å²) in [5.41, 5.74) is 3.29. The fraction of sp³-hybridized carbons (Fsp3) is 0.750. The van der Waals surface area contributed by atoms with Crippen molar-refractivity contribution in [2.45, 2.75) is 40.0 Å². The summed E-state index contributed by atoms with van der Waals surface area (Å²) >= 11 is 0. The lowest BCUT2D eigenvalue weighted by Gasteiger charge is -2.16. The Balaban J connectivity index is 2.48. The van der Waals surface area contributed by atoms with Crippen molar-refractivity contribution in [1.82, 2.24) is 14.5 Å². The second-order valence-electron chi connectivity index (χ2n) is 4.65. The molecule has 0 spiro atoms. The van der Waals surface area contributed by atoms with Gasteiger partial charge in [0.25, 0.3) is 0 Å². The van der Waals surface area contributed by atoms with Crippen LogP contribution in [0.15, 0.2) is 0 Å². The quantitative estimate of drug-likeness (QED) is 0.821. The van der Waals surface area contributed by atoms with Crippen molar-refractivity contribution >= 4 is 10.0 Å². The van der Waals surface area contributed by atoms with E-state index in [9.17, 15) is 8.42 Å². The van der Waals surface area contributed by atoms with Crippen molar-refractivity contribution in [2.24, 2.45) is 0 Å². The number of nitrogens with one attached hydrogen (secondary N) is 1. The van der Waals surface area contributed by atoms with Gasteiger partial charge in [0, 0.05) is 19.3 Å². The third-order valence-corrected chi connectivity index (χ3v) is 5.17. The van der Waals surface area contributed by atoms with Crippen LogP contribution in [0, 0.1) is 13.8 Å². The number of hydrogen-bond acceptors (Lipinski definition) is 3. The van der Waals surface area contributed by atoms with Gasteiger partial charge in [-0.15, -0.1) is 0 Å². The largest absolute Gasteiger partial charge is 0.282 e. The highest BCUT2D eigenvalue weighted by molar-refractivity contribution is 7.89. The van der Waals surface area contributed by atoms with Gasteiger partial charge in [0.05, 0.1) is 11.4 Å². The summed E-state index contributed by atoms with van der Waals surface area (Å²) in [5, 5.41) is 7.08. The Labute approximate surface area is 110 Å². The summed E-state index contributed by atoms with van der Waals surface area (Å²) in [7, 11) is -1.41. The van der Waals surface area contributed by atoms with Crippen LogP contribution >= 0.6 is 0 Å². The minimum atomic E-state index is -3.06. The van der Waals surface area contributed by atoms with Crippen LogP contribution in [0.3, 0.4) is 0 Å². The maximum Gasteiger partial charge on any atom is 0.213 e. The number of H-pyrrole nitrogens is 1. The van der Waals surface area contributed by atoms with E-state index < -0.39 is 10.0 Å². The number of hydrogen-bond donors (Lipinski definition) is 1. The van der Waals surface area contributed by atoms with Crippen LogP contribution in [-0.2, 0) is 16.4 Å². The third-order valence-electron chi connectivity index (χ3n) is 3.12. The molecule has 0 radical (unpaired) electrons. The molecule has 0 amide bonds. The maximum absolute atomic E-state index is 11.8. The summed E-state index contributed by atoms with van der Waals surface area (Å²) in [6.45, 7) is 6.40. The van der Waals surface area contributed by atoms with Crippen molar-refractivity contribution in [3.8, 4) is 0 Å². The molecule has 0 aliphatic rings. The van der Waals surface area contributed by atoms with E-state index in [-0.39, 0.29) is 5.75 Å². The summed E-state index contributed by atoms with van der Waals surface area (Å²) < 4.78 is 25.0. The molecule has 0 saturated heterocycles. The molecule has 104 valence electrons. The molecule has 0 unspecified atom stereocenters. The minimum absolute atomic E-state index is 0.229. The van der Waals surface area contributed by atoms with Crippen LogP contribution < -0.4 is 0 Å². The fourth-order valence-electron chi connectivity index (χ4n) is 1.97. The molecular formula is C12H23N3O2S. The van der Waals surface area contributed by atoms with Crippen LogP contribution in [0.1, 0.15) is 36.7 Å². The number of rotatable bonds is 7. The standard InChI is InChI=1S/C12H23N3O2S/c1-5-9-18(16,17)15(4)8-6-7-12-10(2)13-14-11(12)3/h5-9H2,1-4H3,(H,13,14). The van der Waals surface area contributed by atoms with Crippen molar-refractivity contribution in [3.05, 3.63) is 17.0 Å². The van der Waals surface area contributed by atoms with Gasteiger partial charge in [-0.2, -0.15) is 5.10 Å². The van der Waals surface area contributed by atoms with Crippen LogP contribution in [0.5, 0.6) is 0 Å². The average Bonchev–Trinajstić information content (AvgIpc) is 2.60. The second kappa shape index (κ2) is 6.33.